The summed E-state index contributed by atoms with van der Waals surface area (Å²) in [4.78, 5) is 12.1. The molecule has 4 saturated carbocycles. The maximum absolute atomic E-state index is 12.1. The van der Waals surface area contributed by atoms with E-state index < -0.39 is 0 Å². The molecule has 2 heteroatoms. The monoisotopic (exact) mass is 290 g/mol. The number of carbonyl (C=O) groups is 1. The van der Waals surface area contributed by atoms with Gasteiger partial charge in [-0.3, -0.25) is 4.79 Å². The topological polar surface area (TPSA) is 37.3 Å². The molecule has 4 fully saturated rings. The van der Waals surface area contributed by atoms with Crippen molar-refractivity contribution in [1.29, 1.82) is 0 Å². The molecule has 0 radical (unpaired) electrons. The van der Waals surface area contributed by atoms with Crippen molar-refractivity contribution in [2.45, 2.75) is 77.7 Å². The zero-order chi connectivity index (χ0) is 14.8. The van der Waals surface area contributed by atoms with Crippen molar-refractivity contribution in [2.75, 3.05) is 0 Å². The van der Waals surface area contributed by atoms with Gasteiger partial charge in [0.05, 0.1) is 6.10 Å². The van der Waals surface area contributed by atoms with E-state index in [4.69, 9.17) is 0 Å². The van der Waals surface area contributed by atoms with Crippen LogP contribution in [-0.2, 0) is 4.79 Å². The summed E-state index contributed by atoms with van der Waals surface area (Å²) in [5, 5.41) is 10.0. The molecule has 0 bridgehead atoms. The molecule has 0 aromatic carbocycles. The largest absolute Gasteiger partial charge is 0.393 e. The number of Topliss-reactive ketones (excluding diaryl/α,β-unsaturated/α-hetero) is 1. The molecule has 0 amide bonds. The third-order valence-corrected chi connectivity index (χ3v) is 8.20. The molecule has 4 rings (SSSR count). The van der Waals surface area contributed by atoms with Gasteiger partial charge in [-0.2, -0.15) is 0 Å². The molecule has 4 aliphatic carbocycles. The molecule has 0 heterocycles. The number of aliphatic hydroxyl groups excluding tert-OH is 1. The van der Waals surface area contributed by atoms with E-state index in [2.05, 4.69) is 13.8 Å². The predicted molar refractivity (Wildman–Crippen MR) is 82.7 cm³/mol. The highest BCUT2D eigenvalue weighted by Crippen LogP contribution is 2.65. The van der Waals surface area contributed by atoms with Gasteiger partial charge in [-0.05, 0) is 79.4 Å². The van der Waals surface area contributed by atoms with Gasteiger partial charge < -0.3 is 5.11 Å². The van der Waals surface area contributed by atoms with Gasteiger partial charge in [0.2, 0.25) is 0 Å². The Balaban J connectivity index is 1.63. The van der Waals surface area contributed by atoms with E-state index in [-0.39, 0.29) is 6.10 Å². The lowest BCUT2D eigenvalue weighted by molar-refractivity contribution is -0.121. The van der Waals surface area contributed by atoms with Gasteiger partial charge >= 0.3 is 0 Å². The Bertz CT molecular complexity index is 458. The smallest absolute Gasteiger partial charge is 0.133 e. The molecule has 21 heavy (non-hydrogen) atoms. The lowest BCUT2D eigenvalue weighted by Crippen LogP contribution is -2.53. The molecule has 0 saturated heterocycles. The molecule has 0 unspecified atom stereocenters. The number of hydrogen-bond acceptors (Lipinski definition) is 2. The second-order valence-corrected chi connectivity index (χ2v) is 9.20. The standard InChI is InChI=1S/C19H30O2/c1-18-7-6-16-15(17(18)10-14(21)11-18)4-3-12-9-13(20)5-8-19(12,16)2/h12-13,15-17,20H,3-11H2,1-2H3/t12-,13+,15+,16-,17-,18+,19-/m0/s1. The Kier molecular flexibility index (Phi) is 3.10. The van der Waals surface area contributed by atoms with Crippen molar-refractivity contribution < 1.29 is 9.90 Å². The van der Waals surface area contributed by atoms with E-state index in [1.54, 1.807) is 0 Å². The lowest BCUT2D eigenvalue weighted by atomic mass is 9.45. The number of hydrogen-bond donors (Lipinski definition) is 1. The van der Waals surface area contributed by atoms with Crippen molar-refractivity contribution >= 4 is 5.78 Å². The molecular weight excluding hydrogens is 260 g/mol. The molecule has 0 aromatic rings. The van der Waals surface area contributed by atoms with E-state index in [0.29, 0.717) is 22.5 Å². The zero-order valence-corrected chi connectivity index (χ0v) is 13.6. The zero-order valence-electron chi connectivity index (χ0n) is 13.6. The maximum Gasteiger partial charge on any atom is 0.133 e. The predicted octanol–water partition coefficient (Wildman–Crippen LogP) is 3.96. The summed E-state index contributed by atoms with van der Waals surface area (Å²) in [6.07, 6.45) is 10.1. The summed E-state index contributed by atoms with van der Waals surface area (Å²) in [6.45, 7) is 4.90. The van der Waals surface area contributed by atoms with E-state index in [1.807, 2.05) is 0 Å². The normalized spacial score (nSPS) is 56.5. The Morgan fingerprint density at radius 3 is 2.67 bits per heavy atom. The maximum atomic E-state index is 12.1. The van der Waals surface area contributed by atoms with Gasteiger partial charge in [-0.15, -0.1) is 0 Å². The Morgan fingerprint density at radius 1 is 1.05 bits per heavy atom. The van der Waals surface area contributed by atoms with Gasteiger partial charge in [-0.25, -0.2) is 0 Å². The summed E-state index contributed by atoms with van der Waals surface area (Å²) < 4.78 is 0. The Labute approximate surface area is 128 Å². The minimum absolute atomic E-state index is 0.0541. The second kappa shape index (κ2) is 4.57. The van der Waals surface area contributed by atoms with Crippen LogP contribution in [0.4, 0.5) is 0 Å². The molecule has 4 aliphatic rings. The fraction of sp³-hybridized carbons (Fsp3) is 0.947. The lowest BCUT2D eigenvalue weighted by Gasteiger charge is -2.60. The first-order chi connectivity index (χ1) is 9.92. The molecule has 0 spiro atoms. The third kappa shape index (κ3) is 1.97. The van der Waals surface area contributed by atoms with Crippen LogP contribution in [0.5, 0.6) is 0 Å². The molecular formula is C19H30O2. The average molecular weight is 290 g/mol. The first-order valence-corrected chi connectivity index (χ1v) is 9.12. The minimum Gasteiger partial charge on any atom is -0.393 e. The van der Waals surface area contributed by atoms with E-state index in [1.165, 1.54) is 32.1 Å². The number of fused-ring (bicyclic) bond motifs is 5. The fourth-order valence-electron chi connectivity index (χ4n) is 7.01. The number of rotatable bonds is 0. The number of carbonyl (C=O) groups excluding carboxylic acids is 1. The molecule has 0 aromatic heterocycles. The Hall–Kier alpha value is -0.370. The molecule has 118 valence electrons. The first kappa shape index (κ1) is 14.2. The van der Waals surface area contributed by atoms with Crippen molar-refractivity contribution in [1.82, 2.24) is 0 Å². The number of aliphatic hydroxyl groups is 1. The van der Waals surface area contributed by atoms with Crippen LogP contribution in [0.1, 0.15) is 71.6 Å². The van der Waals surface area contributed by atoms with Crippen molar-refractivity contribution in [3.05, 3.63) is 0 Å². The van der Waals surface area contributed by atoms with Gasteiger partial charge in [0.15, 0.2) is 0 Å². The first-order valence-electron chi connectivity index (χ1n) is 9.12. The van der Waals surface area contributed by atoms with Crippen LogP contribution < -0.4 is 0 Å². The summed E-state index contributed by atoms with van der Waals surface area (Å²) in [6, 6.07) is 0. The summed E-state index contributed by atoms with van der Waals surface area (Å²) in [7, 11) is 0. The quantitative estimate of drug-likeness (QED) is 0.733. The second-order valence-electron chi connectivity index (χ2n) is 9.20. The molecule has 0 aliphatic heterocycles. The van der Waals surface area contributed by atoms with Gasteiger partial charge in [-0.1, -0.05) is 13.8 Å². The Morgan fingerprint density at radius 2 is 1.86 bits per heavy atom. The van der Waals surface area contributed by atoms with Crippen LogP contribution in [0.2, 0.25) is 0 Å². The molecule has 7 atom stereocenters. The number of ketones is 1. The van der Waals surface area contributed by atoms with Gasteiger partial charge in [0.25, 0.3) is 0 Å². The van der Waals surface area contributed by atoms with Crippen LogP contribution in [0, 0.1) is 34.5 Å². The SMILES string of the molecule is C[C@]12CC[C@H]3[C@@H](CC[C@H]4C[C@H](O)CC[C@@]43C)[C@@H]1CC(=O)C2. The van der Waals surface area contributed by atoms with E-state index in [9.17, 15) is 9.90 Å². The molecule has 2 nitrogen and oxygen atoms in total. The highest BCUT2D eigenvalue weighted by atomic mass is 16.3. The van der Waals surface area contributed by atoms with Gasteiger partial charge in [0, 0.05) is 12.8 Å². The third-order valence-electron chi connectivity index (χ3n) is 8.20. The van der Waals surface area contributed by atoms with E-state index in [0.717, 1.165) is 43.4 Å². The highest BCUT2D eigenvalue weighted by Gasteiger charge is 2.59. The van der Waals surface area contributed by atoms with Crippen LogP contribution in [0.15, 0.2) is 0 Å². The summed E-state index contributed by atoms with van der Waals surface area (Å²) >= 11 is 0. The van der Waals surface area contributed by atoms with Crippen LogP contribution in [0.3, 0.4) is 0 Å². The molecule has 1 N–H and O–H groups in total. The van der Waals surface area contributed by atoms with Gasteiger partial charge in [0.1, 0.15) is 5.78 Å². The van der Waals surface area contributed by atoms with Crippen molar-refractivity contribution in [2.24, 2.45) is 34.5 Å². The van der Waals surface area contributed by atoms with Crippen molar-refractivity contribution in [3.8, 4) is 0 Å². The minimum atomic E-state index is -0.0541. The fourth-order valence-corrected chi connectivity index (χ4v) is 7.01. The van der Waals surface area contributed by atoms with Crippen LogP contribution >= 0.6 is 0 Å². The van der Waals surface area contributed by atoms with Crippen molar-refractivity contribution in [3.63, 3.8) is 0 Å². The summed E-state index contributed by atoms with van der Waals surface area (Å²) in [5.74, 6) is 3.51. The summed E-state index contributed by atoms with van der Waals surface area (Å²) in [5.41, 5.74) is 0.755. The average Bonchev–Trinajstić information content (AvgIpc) is 2.74. The van der Waals surface area contributed by atoms with Crippen LogP contribution in [0.25, 0.3) is 0 Å². The van der Waals surface area contributed by atoms with E-state index >= 15 is 0 Å². The van der Waals surface area contributed by atoms with Crippen LogP contribution in [-0.4, -0.2) is 17.0 Å². The highest BCUT2D eigenvalue weighted by molar-refractivity contribution is 5.82.